The van der Waals surface area contributed by atoms with E-state index in [2.05, 4.69) is 4.98 Å². The fourth-order valence-corrected chi connectivity index (χ4v) is 1.92. The molecule has 2 rings (SSSR count). The summed E-state index contributed by atoms with van der Waals surface area (Å²) in [7, 11) is 1.80. The molecule has 0 spiro atoms. The zero-order valence-corrected chi connectivity index (χ0v) is 10.8. The van der Waals surface area contributed by atoms with Crippen LogP contribution in [0.2, 0.25) is 0 Å². The van der Waals surface area contributed by atoms with E-state index in [4.69, 9.17) is 4.74 Å². The molecule has 1 aromatic carbocycles. The predicted octanol–water partition coefficient (Wildman–Crippen LogP) is 2.28. The van der Waals surface area contributed by atoms with Crippen molar-refractivity contribution in [2.75, 3.05) is 26.8 Å². The molecule has 0 aliphatic rings. The number of nitrogens with zero attached hydrogens (tertiary/aromatic N) is 1. The van der Waals surface area contributed by atoms with Crippen LogP contribution in [0.1, 0.15) is 17.3 Å². The van der Waals surface area contributed by atoms with Crippen molar-refractivity contribution < 1.29 is 9.53 Å². The van der Waals surface area contributed by atoms with Gasteiger partial charge in [0.05, 0.1) is 6.61 Å². The molecule has 0 atom stereocenters. The second-order valence-corrected chi connectivity index (χ2v) is 4.17. The van der Waals surface area contributed by atoms with E-state index in [1.165, 1.54) is 0 Å². The zero-order chi connectivity index (χ0) is 13.0. The lowest BCUT2D eigenvalue weighted by Crippen LogP contribution is -2.30. The van der Waals surface area contributed by atoms with Crippen molar-refractivity contribution in [2.45, 2.75) is 6.92 Å². The van der Waals surface area contributed by atoms with Gasteiger partial charge in [-0.05, 0) is 25.1 Å². The number of carbonyl (C=O) groups excluding carboxylic acids is 1. The number of benzene rings is 1. The SMILES string of the molecule is CCOCCN(C)C(=O)c1cccc2[nH]ccc12. The number of rotatable bonds is 5. The first kappa shape index (κ1) is 12.6. The molecule has 0 unspecified atom stereocenters. The fraction of sp³-hybridized carbons (Fsp3) is 0.357. The second kappa shape index (κ2) is 5.69. The van der Waals surface area contributed by atoms with E-state index in [1.807, 2.05) is 37.4 Å². The third-order valence-electron chi connectivity index (χ3n) is 2.95. The molecule has 0 fully saturated rings. The monoisotopic (exact) mass is 246 g/mol. The van der Waals surface area contributed by atoms with Crippen molar-refractivity contribution in [3.63, 3.8) is 0 Å². The molecule has 1 amide bonds. The highest BCUT2D eigenvalue weighted by atomic mass is 16.5. The summed E-state index contributed by atoms with van der Waals surface area (Å²) >= 11 is 0. The van der Waals surface area contributed by atoms with E-state index in [1.54, 1.807) is 11.9 Å². The highest BCUT2D eigenvalue weighted by Gasteiger charge is 2.14. The topological polar surface area (TPSA) is 45.3 Å². The molecule has 0 aliphatic heterocycles. The number of carbonyl (C=O) groups is 1. The Hall–Kier alpha value is -1.81. The summed E-state index contributed by atoms with van der Waals surface area (Å²) in [6.45, 7) is 3.80. The van der Waals surface area contributed by atoms with Crippen LogP contribution in [0.4, 0.5) is 0 Å². The lowest BCUT2D eigenvalue weighted by Gasteiger charge is -2.17. The lowest BCUT2D eigenvalue weighted by molar-refractivity contribution is 0.0712. The quantitative estimate of drug-likeness (QED) is 0.823. The van der Waals surface area contributed by atoms with E-state index in [-0.39, 0.29) is 5.91 Å². The van der Waals surface area contributed by atoms with E-state index in [0.717, 1.165) is 16.5 Å². The molecule has 0 radical (unpaired) electrons. The average molecular weight is 246 g/mol. The van der Waals surface area contributed by atoms with Crippen molar-refractivity contribution in [3.05, 3.63) is 36.0 Å². The second-order valence-electron chi connectivity index (χ2n) is 4.17. The van der Waals surface area contributed by atoms with Gasteiger partial charge in [-0.25, -0.2) is 0 Å². The van der Waals surface area contributed by atoms with Gasteiger partial charge in [-0.2, -0.15) is 0 Å². The van der Waals surface area contributed by atoms with Crippen LogP contribution in [0.15, 0.2) is 30.5 Å². The Morgan fingerprint density at radius 2 is 2.22 bits per heavy atom. The number of hydrogen-bond donors (Lipinski definition) is 1. The largest absolute Gasteiger partial charge is 0.380 e. The Morgan fingerprint density at radius 1 is 1.39 bits per heavy atom. The summed E-state index contributed by atoms with van der Waals surface area (Å²) in [5.74, 6) is 0.0277. The summed E-state index contributed by atoms with van der Waals surface area (Å²) < 4.78 is 5.26. The van der Waals surface area contributed by atoms with Gasteiger partial charge in [0.2, 0.25) is 0 Å². The first-order chi connectivity index (χ1) is 8.74. The Balaban J connectivity index is 2.15. The summed E-state index contributed by atoms with van der Waals surface area (Å²) in [5.41, 5.74) is 1.71. The van der Waals surface area contributed by atoms with Crippen LogP contribution in [-0.2, 0) is 4.74 Å². The average Bonchev–Trinajstić information content (AvgIpc) is 2.86. The van der Waals surface area contributed by atoms with Gasteiger partial charge in [-0.15, -0.1) is 0 Å². The number of ether oxygens (including phenoxy) is 1. The number of nitrogens with one attached hydrogen (secondary N) is 1. The maximum Gasteiger partial charge on any atom is 0.254 e. The number of likely N-dealkylation sites (N-methyl/N-ethyl adjacent to an activating group) is 1. The number of amides is 1. The minimum Gasteiger partial charge on any atom is -0.380 e. The Bertz CT molecular complexity index is 533. The fourth-order valence-electron chi connectivity index (χ4n) is 1.92. The number of H-pyrrole nitrogens is 1. The Kier molecular flexibility index (Phi) is 3.99. The third-order valence-corrected chi connectivity index (χ3v) is 2.95. The molecule has 0 bridgehead atoms. The molecule has 4 heteroatoms. The van der Waals surface area contributed by atoms with Crippen LogP contribution in [-0.4, -0.2) is 42.6 Å². The molecular formula is C14H18N2O2. The molecule has 0 aliphatic carbocycles. The zero-order valence-electron chi connectivity index (χ0n) is 10.8. The molecule has 18 heavy (non-hydrogen) atoms. The lowest BCUT2D eigenvalue weighted by atomic mass is 10.1. The smallest absolute Gasteiger partial charge is 0.254 e. The molecule has 2 aromatic rings. The van der Waals surface area contributed by atoms with Crippen molar-refractivity contribution in [2.24, 2.45) is 0 Å². The van der Waals surface area contributed by atoms with Crippen molar-refractivity contribution in [3.8, 4) is 0 Å². The molecular weight excluding hydrogens is 228 g/mol. The maximum absolute atomic E-state index is 12.3. The summed E-state index contributed by atoms with van der Waals surface area (Å²) in [6.07, 6.45) is 1.85. The van der Waals surface area contributed by atoms with Crippen LogP contribution in [0, 0.1) is 0 Å². The summed E-state index contributed by atoms with van der Waals surface area (Å²) in [4.78, 5) is 17.1. The predicted molar refractivity (Wildman–Crippen MR) is 71.8 cm³/mol. The van der Waals surface area contributed by atoms with Crippen LogP contribution < -0.4 is 0 Å². The molecule has 4 nitrogen and oxygen atoms in total. The third kappa shape index (κ3) is 2.54. The van der Waals surface area contributed by atoms with Gasteiger partial charge in [-0.1, -0.05) is 6.07 Å². The Morgan fingerprint density at radius 3 is 3.00 bits per heavy atom. The minimum absolute atomic E-state index is 0.0277. The van der Waals surface area contributed by atoms with Crippen molar-refractivity contribution >= 4 is 16.8 Å². The molecule has 96 valence electrons. The highest BCUT2D eigenvalue weighted by molar-refractivity contribution is 6.06. The van der Waals surface area contributed by atoms with Gasteiger partial charge in [0, 0.05) is 42.9 Å². The molecule has 1 heterocycles. The highest BCUT2D eigenvalue weighted by Crippen LogP contribution is 2.18. The van der Waals surface area contributed by atoms with E-state index < -0.39 is 0 Å². The van der Waals surface area contributed by atoms with Gasteiger partial charge in [-0.3, -0.25) is 4.79 Å². The van der Waals surface area contributed by atoms with Crippen molar-refractivity contribution in [1.82, 2.24) is 9.88 Å². The number of aromatic nitrogens is 1. The number of hydrogen-bond acceptors (Lipinski definition) is 2. The maximum atomic E-state index is 12.3. The van der Waals surface area contributed by atoms with Gasteiger partial charge in [0.15, 0.2) is 0 Å². The van der Waals surface area contributed by atoms with Crippen molar-refractivity contribution in [1.29, 1.82) is 0 Å². The first-order valence-electron chi connectivity index (χ1n) is 6.13. The van der Waals surface area contributed by atoms with Crippen LogP contribution in [0.5, 0.6) is 0 Å². The van der Waals surface area contributed by atoms with Crippen LogP contribution in [0.3, 0.4) is 0 Å². The summed E-state index contributed by atoms with van der Waals surface area (Å²) in [6, 6.07) is 7.64. The van der Waals surface area contributed by atoms with Crippen LogP contribution >= 0.6 is 0 Å². The molecule has 1 aromatic heterocycles. The van der Waals surface area contributed by atoms with E-state index in [9.17, 15) is 4.79 Å². The van der Waals surface area contributed by atoms with E-state index >= 15 is 0 Å². The normalized spacial score (nSPS) is 10.8. The van der Waals surface area contributed by atoms with Gasteiger partial charge < -0.3 is 14.6 Å². The molecule has 0 saturated heterocycles. The molecule has 1 N–H and O–H groups in total. The van der Waals surface area contributed by atoms with Gasteiger partial charge in [0.1, 0.15) is 0 Å². The standard InChI is InChI=1S/C14H18N2O2/c1-3-18-10-9-16(2)14(17)12-5-4-6-13-11(12)7-8-15-13/h4-8,15H,3,9-10H2,1-2H3. The number of fused-ring (bicyclic) bond motifs is 1. The van der Waals surface area contributed by atoms with Gasteiger partial charge in [0.25, 0.3) is 5.91 Å². The van der Waals surface area contributed by atoms with Crippen LogP contribution in [0.25, 0.3) is 10.9 Å². The minimum atomic E-state index is 0.0277. The summed E-state index contributed by atoms with van der Waals surface area (Å²) in [5, 5.41) is 0.964. The first-order valence-corrected chi connectivity index (χ1v) is 6.13. The van der Waals surface area contributed by atoms with E-state index in [0.29, 0.717) is 19.8 Å². The number of aromatic amines is 1. The Labute approximate surface area is 107 Å². The van der Waals surface area contributed by atoms with Gasteiger partial charge >= 0.3 is 0 Å². The molecule has 0 saturated carbocycles.